The number of carbonyl (C=O) groups excluding carboxylic acids is 2. The second-order valence-corrected chi connectivity index (χ2v) is 10.4. The maximum atomic E-state index is 13.3. The van der Waals surface area contributed by atoms with Gasteiger partial charge in [-0.3, -0.25) is 9.59 Å². The Balaban J connectivity index is 1.43. The summed E-state index contributed by atoms with van der Waals surface area (Å²) in [7, 11) is 0. The number of rotatable bonds is 9. The van der Waals surface area contributed by atoms with Gasteiger partial charge in [0.15, 0.2) is 0 Å². The molecule has 4 rings (SSSR count). The normalized spacial score (nSPS) is 15.8. The van der Waals surface area contributed by atoms with Crippen LogP contribution in [0.2, 0.25) is 0 Å². The van der Waals surface area contributed by atoms with Crippen molar-refractivity contribution in [3.05, 3.63) is 62.6 Å². The van der Waals surface area contributed by atoms with Crippen molar-refractivity contribution < 1.29 is 9.59 Å². The highest BCUT2D eigenvalue weighted by molar-refractivity contribution is 9.10. The lowest BCUT2D eigenvalue weighted by Crippen LogP contribution is -2.42. The van der Waals surface area contributed by atoms with Crippen LogP contribution in [-0.2, 0) is 22.4 Å². The maximum absolute atomic E-state index is 13.3. The minimum absolute atomic E-state index is 0.000975. The molecule has 35 heavy (non-hydrogen) atoms. The molecular formula is C29H34BrN3O2. The van der Waals surface area contributed by atoms with E-state index in [1.54, 1.807) is 0 Å². The van der Waals surface area contributed by atoms with E-state index in [1.807, 2.05) is 23.1 Å². The van der Waals surface area contributed by atoms with Gasteiger partial charge in [-0.15, -0.1) is 0 Å². The minimum atomic E-state index is -0.305. The summed E-state index contributed by atoms with van der Waals surface area (Å²) in [5, 5.41) is 6.29. The Morgan fingerprint density at radius 3 is 2.77 bits per heavy atom. The van der Waals surface area contributed by atoms with E-state index in [2.05, 4.69) is 71.3 Å². The lowest BCUT2D eigenvalue weighted by atomic mass is 9.89. The number of hydrogen-bond donors (Lipinski definition) is 2. The molecule has 2 N–H and O–H groups in total. The molecule has 2 amide bonds. The minimum Gasteiger partial charge on any atom is -0.361 e. The molecule has 5 nitrogen and oxygen atoms in total. The summed E-state index contributed by atoms with van der Waals surface area (Å²) in [6, 6.07) is 10.4. The predicted octanol–water partition coefficient (Wildman–Crippen LogP) is 4.62. The highest BCUT2D eigenvalue weighted by Gasteiger charge is 2.34. The zero-order valence-electron chi connectivity index (χ0n) is 20.8. The first kappa shape index (κ1) is 25.3. The van der Waals surface area contributed by atoms with Crippen molar-refractivity contribution in [1.29, 1.82) is 0 Å². The molecule has 1 heterocycles. The van der Waals surface area contributed by atoms with E-state index >= 15 is 0 Å². The Morgan fingerprint density at radius 2 is 2.00 bits per heavy atom. The second kappa shape index (κ2) is 11.3. The van der Waals surface area contributed by atoms with Gasteiger partial charge in [0.05, 0.1) is 12.5 Å². The smallest absolute Gasteiger partial charge is 0.239 e. The number of hydrogen-bond acceptors (Lipinski definition) is 3. The topological polar surface area (TPSA) is 61.4 Å². The molecule has 0 aromatic heterocycles. The zero-order valence-corrected chi connectivity index (χ0v) is 22.4. The van der Waals surface area contributed by atoms with Gasteiger partial charge in [-0.1, -0.05) is 47.7 Å². The first-order valence-corrected chi connectivity index (χ1v) is 13.4. The fourth-order valence-electron chi connectivity index (χ4n) is 5.16. The summed E-state index contributed by atoms with van der Waals surface area (Å²) in [5.74, 6) is 6.14. The molecule has 2 aromatic carbocycles. The molecule has 0 radical (unpaired) electrons. The molecule has 1 unspecified atom stereocenters. The van der Waals surface area contributed by atoms with Gasteiger partial charge in [-0.25, -0.2) is 0 Å². The number of amides is 2. The molecule has 2 aliphatic rings. The van der Waals surface area contributed by atoms with Crippen molar-refractivity contribution in [2.45, 2.75) is 64.8 Å². The standard InChI is InChI=1S/C29H34BrN3O2/c1-4-22(5-2)32-28(34)18-33-17-26(25-16-21(30)12-13-27(25)33)29(35)31-15-14-23-19(3)10-11-20-8-6-7-9-24(20)23/h10-13,16,22,26H,4-5,7,9,14-15,17-18H2,1-3H3,(H,31,35)(H,32,34). The van der Waals surface area contributed by atoms with E-state index in [9.17, 15) is 9.59 Å². The fourth-order valence-corrected chi connectivity index (χ4v) is 5.54. The van der Waals surface area contributed by atoms with Gasteiger partial charge in [-0.2, -0.15) is 0 Å². The number of halogens is 1. The van der Waals surface area contributed by atoms with Crippen LogP contribution in [0, 0.1) is 18.8 Å². The molecule has 1 aliphatic heterocycles. The van der Waals surface area contributed by atoms with Crippen molar-refractivity contribution >= 4 is 33.4 Å². The number of aryl methyl sites for hydroxylation is 1. The average molecular weight is 537 g/mol. The van der Waals surface area contributed by atoms with Crippen LogP contribution in [0.1, 0.15) is 66.8 Å². The van der Waals surface area contributed by atoms with Crippen molar-refractivity contribution in [2.75, 3.05) is 24.5 Å². The highest BCUT2D eigenvalue weighted by atomic mass is 79.9. The molecule has 6 heteroatoms. The lowest BCUT2D eigenvalue weighted by Gasteiger charge is -2.22. The molecule has 1 aliphatic carbocycles. The van der Waals surface area contributed by atoms with E-state index in [4.69, 9.17) is 0 Å². The Morgan fingerprint density at radius 1 is 1.20 bits per heavy atom. The van der Waals surface area contributed by atoms with Crippen LogP contribution in [0.3, 0.4) is 0 Å². The van der Waals surface area contributed by atoms with Gasteiger partial charge >= 0.3 is 0 Å². The third-order valence-corrected chi connectivity index (χ3v) is 7.67. The summed E-state index contributed by atoms with van der Waals surface area (Å²) in [5.41, 5.74) is 6.95. The van der Waals surface area contributed by atoms with Crippen LogP contribution in [0.25, 0.3) is 0 Å². The second-order valence-electron chi connectivity index (χ2n) is 9.45. The van der Waals surface area contributed by atoms with Crippen molar-refractivity contribution in [1.82, 2.24) is 10.6 Å². The van der Waals surface area contributed by atoms with E-state index < -0.39 is 0 Å². The van der Waals surface area contributed by atoms with E-state index in [-0.39, 0.29) is 30.3 Å². The van der Waals surface area contributed by atoms with Gasteiger partial charge in [0.1, 0.15) is 0 Å². The fraction of sp³-hybridized carbons (Fsp3) is 0.448. The first-order valence-electron chi connectivity index (χ1n) is 12.6. The summed E-state index contributed by atoms with van der Waals surface area (Å²) in [6.07, 6.45) is 4.48. The lowest BCUT2D eigenvalue weighted by molar-refractivity contribution is -0.123. The molecule has 1 atom stereocenters. The summed E-state index contributed by atoms with van der Waals surface area (Å²) < 4.78 is 0.935. The molecule has 184 valence electrons. The molecule has 0 saturated carbocycles. The Hall–Kier alpha value is -2.78. The largest absolute Gasteiger partial charge is 0.361 e. The number of anilines is 1. The number of nitrogens with one attached hydrogen (secondary N) is 2. The summed E-state index contributed by atoms with van der Waals surface area (Å²) in [4.78, 5) is 28.0. The molecule has 0 spiro atoms. The summed E-state index contributed by atoms with van der Waals surface area (Å²) >= 11 is 3.55. The number of carbonyl (C=O) groups is 2. The number of fused-ring (bicyclic) bond motifs is 2. The Kier molecular flexibility index (Phi) is 8.18. The average Bonchev–Trinajstić information content (AvgIpc) is 3.20. The van der Waals surface area contributed by atoms with E-state index in [0.717, 1.165) is 53.4 Å². The van der Waals surface area contributed by atoms with Crippen LogP contribution in [0.15, 0.2) is 34.8 Å². The van der Waals surface area contributed by atoms with Gasteiger partial charge < -0.3 is 15.5 Å². The SMILES string of the molecule is CCC(CC)NC(=O)CN1CC(C(=O)NCCc2c(C)ccc3c2CCC#C3)c2cc(Br)ccc21. The molecule has 0 fully saturated rings. The monoisotopic (exact) mass is 535 g/mol. The van der Waals surface area contributed by atoms with Gasteiger partial charge in [0.25, 0.3) is 0 Å². The molecule has 2 aromatic rings. The molecule has 0 bridgehead atoms. The van der Waals surface area contributed by atoms with Crippen LogP contribution in [0.4, 0.5) is 5.69 Å². The van der Waals surface area contributed by atoms with Crippen LogP contribution in [-0.4, -0.2) is 37.5 Å². The third-order valence-electron chi connectivity index (χ3n) is 7.17. The molecular weight excluding hydrogens is 502 g/mol. The van der Waals surface area contributed by atoms with Gasteiger partial charge in [0.2, 0.25) is 11.8 Å². The maximum Gasteiger partial charge on any atom is 0.239 e. The predicted molar refractivity (Wildman–Crippen MR) is 145 cm³/mol. The number of nitrogens with zero attached hydrogens (tertiary/aromatic N) is 1. The van der Waals surface area contributed by atoms with Crippen molar-refractivity contribution in [3.63, 3.8) is 0 Å². The highest BCUT2D eigenvalue weighted by Crippen LogP contribution is 2.38. The van der Waals surface area contributed by atoms with Crippen molar-refractivity contribution in [2.24, 2.45) is 0 Å². The van der Waals surface area contributed by atoms with Crippen LogP contribution >= 0.6 is 15.9 Å². The Labute approximate surface area is 217 Å². The summed E-state index contributed by atoms with van der Waals surface area (Å²) in [6.45, 7) is 7.64. The first-order chi connectivity index (χ1) is 16.9. The molecule has 0 saturated heterocycles. The zero-order chi connectivity index (χ0) is 24.9. The van der Waals surface area contributed by atoms with Crippen molar-refractivity contribution in [3.8, 4) is 11.8 Å². The van der Waals surface area contributed by atoms with Gasteiger partial charge in [0, 0.05) is 41.3 Å². The van der Waals surface area contributed by atoms with Gasteiger partial charge in [-0.05, 0) is 79.1 Å². The van der Waals surface area contributed by atoms with Crippen LogP contribution in [0.5, 0.6) is 0 Å². The van der Waals surface area contributed by atoms with Crippen LogP contribution < -0.4 is 15.5 Å². The van der Waals surface area contributed by atoms with E-state index in [0.29, 0.717) is 13.1 Å². The third kappa shape index (κ3) is 5.73. The quantitative estimate of drug-likeness (QED) is 0.460. The number of benzene rings is 2. The Bertz CT molecular complexity index is 1180. The van der Waals surface area contributed by atoms with E-state index in [1.165, 1.54) is 16.7 Å².